The van der Waals surface area contributed by atoms with E-state index in [-0.39, 0.29) is 11.1 Å². The molecule has 0 unspecified atom stereocenters. The number of rotatable bonds is 8. The van der Waals surface area contributed by atoms with Crippen molar-refractivity contribution >= 4 is 34.6 Å². The minimum absolute atomic E-state index is 0.0238. The Morgan fingerprint density at radius 1 is 0.923 bits per heavy atom. The van der Waals surface area contributed by atoms with Crippen molar-refractivity contribution in [1.82, 2.24) is 0 Å². The number of hydrogen-bond acceptors (Lipinski definition) is 2. The molecule has 0 spiro atoms. The van der Waals surface area contributed by atoms with Crippen LogP contribution in [-0.4, -0.2) is 32.5 Å². The number of benzene rings is 2. The molecule has 0 bridgehead atoms. The fourth-order valence-electron chi connectivity index (χ4n) is 3.83. The summed E-state index contributed by atoms with van der Waals surface area (Å²) < 4.78 is 12.8. The summed E-state index contributed by atoms with van der Waals surface area (Å²) in [6.45, 7) is 7.63. The van der Waals surface area contributed by atoms with Gasteiger partial charge in [-0.25, -0.2) is 0 Å². The molecule has 2 aromatic carbocycles. The average Bonchev–Trinajstić information content (AvgIpc) is 3.39. The van der Waals surface area contributed by atoms with Gasteiger partial charge < -0.3 is 9.16 Å². The van der Waals surface area contributed by atoms with Crippen LogP contribution < -0.4 is 10.4 Å². The van der Waals surface area contributed by atoms with E-state index in [1.165, 1.54) is 10.4 Å². The standard InChI is InChI=1S/C22H29BrO2Si/c1-22(2,3)26(18-11-6-4-7-12-18,19-13-8-5-9-14-19)24-17-21-20(25-21)15-10-16-23/h4-9,11-14,20-21H,10,15-17H2,1-3H3/t20-,21-/m0/s1. The second-order valence-electron chi connectivity index (χ2n) is 8.02. The zero-order valence-corrected chi connectivity index (χ0v) is 18.5. The summed E-state index contributed by atoms with van der Waals surface area (Å²) in [5.74, 6) is 0. The number of halogens is 1. The minimum Gasteiger partial charge on any atom is -0.405 e. The predicted octanol–water partition coefficient (Wildman–Crippen LogP) is 4.51. The maximum absolute atomic E-state index is 6.90. The number of epoxide rings is 1. The van der Waals surface area contributed by atoms with Crippen LogP contribution in [-0.2, 0) is 9.16 Å². The van der Waals surface area contributed by atoms with Crippen LogP contribution in [0.1, 0.15) is 33.6 Å². The molecule has 1 aliphatic rings. The molecule has 1 heterocycles. The highest BCUT2D eigenvalue weighted by Gasteiger charge is 2.51. The lowest BCUT2D eigenvalue weighted by Gasteiger charge is -2.43. The summed E-state index contributed by atoms with van der Waals surface area (Å²) in [6.07, 6.45) is 2.88. The van der Waals surface area contributed by atoms with E-state index in [9.17, 15) is 0 Å². The SMILES string of the molecule is CC(C)(C)[Si](OC[C@@H]1O[C@H]1CCCBr)(c1ccccc1)c1ccccc1. The Labute approximate surface area is 167 Å². The number of hydrogen-bond donors (Lipinski definition) is 0. The lowest BCUT2D eigenvalue weighted by molar-refractivity contribution is 0.247. The van der Waals surface area contributed by atoms with Crippen molar-refractivity contribution in [2.75, 3.05) is 11.9 Å². The van der Waals surface area contributed by atoms with Crippen molar-refractivity contribution in [1.29, 1.82) is 0 Å². The van der Waals surface area contributed by atoms with Crippen LogP contribution in [0.15, 0.2) is 60.7 Å². The van der Waals surface area contributed by atoms with Crippen LogP contribution in [0.25, 0.3) is 0 Å². The van der Waals surface area contributed by atoms with Gasteiger partial charge in [-0.15, -0.1) is 0 Å². The highest BCUT2D eigenvalue weighted by molar-refractivity contribution is 9.09. The van der Waals surface area contributed by atoms with E-state index in [1.807, 2.05) is 0 Å². The molecule has 26 heavy (non-hydrogen) atoms. The van der Waals surface area contributed by atoms with Crippen molar-refractivity contribution in [2.24, 2.45) is 0 Å². The molecule has 0 amide bonds. The summed E-state index contributed by atoms with van der Waals surface area (Å²) in [4.78, 5) is 0. The largest absolute Gasteiger partial charge is 0.405 e. The highest BCUT2D eigenvalue weighted by Crippen LogP contribution is 2.38. The second kappa shape index (κ2) is 8.38. The van der Waals surface area contributed by atoms with Gasteiger partial charge in [-0.05, 0) is 28.3 Å². The fourth-order valence-corrected chi connectivity index (χ4v) is 8.72. The first-order valence-electron chi connectivity index (χ1n) is 9.45. The Kier molecular flexibility index (Phi) is 6.39. The average molecular weight is 433 g/mol. The first-order chi connectivity index (χ1) is 12.5. The molecule has 1 fully saturated rings. The summed E-state index contributed by atoms with van der Waals surface area (Å²) in [5.41, 5.74) is 0. The van der Waals surface area contributed by atoms with Gasteiger partial charge in [0, 0.05) is 5.33 Å². The zero-order valence-electron chi connectivity index (χ0n) is 16.0. The maximum atomic E-state index is 6.90. The van der Waals surface area contributed by atoms with E-state index >= 15 is 0 Å². The third-order valence-electron chi connectivity index (χ3n) is 5.19. The molecule has 140 valence electrons. The molecule has 0 radical (unpaired) electrons. The second-order valence-corrected chi connectivity index (χ2v) is 13.1. The van der Waals surface area contributed by atoms with Crippen molar-refractivity contribution < 1.29 is 9.16 Å². The Bertz CT molecular complexity index is 645. The monoisotopic (exact) mass is 432 g/mol. The van der Waals surface area contributed by atoms with Gasteiger partial charge in [-0.3, -0.25) is 0 Å². The summed E-state index contributed by atoms with van der Waals surface area (Å²) >= 11 is 3.50. The van der Waals surface area contributed by atoms with Gasteiger partial charge >= 0.3 is 0 Å². The molecule has 0 aliphatic carbocycles. The van der Waals surface area contributed by atoms with E-state index in [2.05, 4.69) is 97.4 Å². The molecule has 2 aromatic rings. The fraction of sp³-hybridized carbons (Fsp3) is 0.455. The van der Waals surface area contributed by atoms with E-state index in [0.717, 1.165) is 18.2 Å². The van der Waals surface area contributed by atoms with Crippen LogP contribution in [0.4, 0.5) is 0 Å². The van der Waals surface area contributed by atoms with Crippen molar-refractivity contribution in [3.05, 3.63) is 60.7 Å². The van der Waals surface area contributed by atoms with Crippen LogP contribution in [0, 0.1) is 0 Å². The molecule has 1 saturated heterocycles. The topological polar surface area (TPSA) is 21.8 Å². The molecule has 0 saturated carbocycles. The van der Waals surface area contributed by atoms with Crippen LogP contribution >= 0.6 is 15.9 Å². The molecular weight excluding hydrogens is 404 g/mol. The quantitative estimate of drug-likeness (QED) is 0.347. The highest BCUT2D eigenvalue weighted by atomic mass is 79.9. The van der Waals surface area contributed by atoms with Crippen LogP contribution in [0.5, 0.6) is 0 Å². The normalized spacial score (nSPS) is 20.2. The third kappa shape index (κ3) is 4.14. The Morgan fingerprint density at radius 3 is 1.92 bits per heavy atom. The van der Waals surface area contributed by atoms with Gasteiger partial charge in [0.05, 0.1) is 12.7 Å². The van der Waals surface area contributed by atoms with Crippen molar-refractivity contribution in [3.63, 3.8) is 0 Å². The molecule has 0 N–H and O–H groups in total. The van der Waals surface area contributed by atoms with Gasteiger partial charge in [-0.1, -0.05) is 97.4 Å². The van der Waals surface area contributed by atoms with Crippen molar-refractivity contribution in [3.8, 4) is 0 Å². The van der Waals surface area contributed by atoms with Gasteiger partial charge in [0.1, 0.15) is 6.10 Å². The maximum Gasteiger partial charge on any atom is 0.261 e. The lowest BCUT2D eigenvalue weighted by atomic mass is 10.2. The Balaban J connectivity index is 1.91. The van der Waals surface area contributed by atoms with Crippen LogP contribution in [0.2, 0.25) is 5.04 Å². The number of alkyl halides is 1. The molecular formula is C22H29BrO2Si. The van der Waals surface area contributed by atoms with Crippen molar-refractivity contribution in [2.45, 2.75) is 50.9 Å². The van der Waals surface area contributed by atoms with Gasteiger partial charge in [0.25, 0.3) is 8.32 Å². The zero-order chi connectivity index (χ0) is 18.6. The van der Waals surface area contributed by atoms with Gasteiger partial charge in [-0.2, -0.15) is 0 Å². The third-order valence-corrected chi connectivity index (χ3v) is 10.8. The Hall–Kier alpha value is -0.943. The smallest absolute Gasteiger partial charge is 0.261 e. The predicted molar refractivity (Wildman–Crippen MR) is 115 cm³/mol. The molecule has 4 heteroatoms. The molecule has 0 aromatic heterocycles. The van der Waals surface area contributed by atoms with Gasteiger partial charge in [0.15, 0.2) is 0 Å². The minimum atomic E-state index is -2.42. The molecule has 2 nitrogen and oxygen atoms in total. The van der Waals surface area contributed by atoms with E-state index in [0.29, 0.717) is 12.7 Å². The summed E-state index contributed by atoms with van der Waals surface area (Å²) in [5, 5.41) is 3.72. The Morgan fingerprint density at radius 2 is 1.46 bits per heavy atom. The van der Waals surface area contributed by atoms with E-state index in [1.54, 1.807) is 0 Å². The summed E-state index contributed by atoms with van der Waals surface area (Å²) in [6, 6.07) is 21.6. The molecule has 3 rings (SSSR count). The number of ether oxygens (including phenoxy) is 1. The first kappa shape index (κ1) is 19.8. The van der Waals surface area contributed by atoms with Gasteiger partial charge in [0.2, 0.25) is 0 Å². The molecule has 1 aliphatic heterocycles. The molecule has 2 atom stereocenters. The van der Waals surface area contributed by atoms with Crippen LogP contribution in [0.3, 0.4) is 0 Å². The van der Waals surface area contributed by atoms with E-state index < -0.39 is 8.32 Å². The first-order valence-corrected chi connectivity index (χ1v) is 12.5. The summed E-state index contributed by atoms with van der Waals surface area (Å²) in [7, 11) is -2.42. The van der Waals surface area contributed by atoms with E-state index in [4.69, 9.17) is 9.16 Å². The lowest BCUT2D eigenvalue weighted by Crippen LogP contribution is -2.66.